The van der Waals surface area contributed by atoms with Crippen molar-refractivity contribution in [3.8, 4) is 0 Å². The van der Waals surface area contributed by atoms with Crippen LogP contribution in [0.5, 0.6) is 0 Å². The van der Waals surface area contributed by atoms with Gasteiger partial charge in [-0.3, -0.25) is 9.59 Å². The van der Waals surface area contributed by atoms with Gasteiger partial charge in [-0.25, -0.2) is 0 Å². The third-order valence-corrected chi connectivity index (χ3v) is 4.44. The monoisotopic (exact) mass is 350 g/mol. The Morgan fingerprint density at radius 2 is 1.42 bits per heavy atom. The molecular weight excluding hydrogens is 324 g/mol. The summed E-state index contributed by atoms with van der Waals surface area (Å²) in [7, 11) is 0. The molecular formula is C22H26N2O2. The van der Waals surface area contributed by atoms with Crippen molar-refractivity contribution in [1.82, 2.24) is 10.6 Å². The average molecular weight is 350 g/mol. The van der Waals surface area contributed by atoms with Gasteiger partial charge < -0.3 is 10.6 Å². The molecule has 2 aromatic carbocycles. The summed E-state index contributed by atoms with van der Waals surface area (Å²) < 4.78 is 0. The van der Waals surface area contributed by atoms with Crippen molar-refractivity contribution < 1.29 is 9.59 Å². The van der Waals surface area contributed by atoms with Gasteiger partial charge in [0.2, 0.25) is 0 Å². The molecule has 4 nitrogen and oxygen atoms in total. The fraction of sp³-hybridized carbons (Fsp3) is 0.364. The van der Waals surface area contributed by atoms with Crippen molar-refractivity contribution in [2.45, 2.75) is 45.2 Å². The van der Waals surface area contributed by atoms with Gasteiger partial charge in [-0.05, 0) is 69.4 Å². The van der Waals surface area contributed by atoms with Crippen molar-refractivity contribution in [3.63, 3.8) is 0 Å². The molecule has 0 aromatic heterocycles. The molecule has 1 aliphatic rings. The molecule has 0 radical (unpaired) electrons. The van der Waals surface area contributed by atoms with Crippen molar-refractivity contribution in [3.05, 3.63) is 71.3 Å². The van der Waals surface area contributed by atoms with E-state index in [9.17, 15) is 9.59 Å². The second kappa shape index (κ2) is 7.32. The van der Waals surface area contributed by atoms with E-state index in [1.54, 1.807) is 24.3 Å². The van der Waals surface area contributed by atoms with Gasteiger partial charge in [0.15, 0.2) is 0 Å². The van der Waals surface area contributed by atoms with E-state index in [1.165, 1.54) is 0 Å². The lowest BCUT2D eigenvalue weighted by molar-refractivity contribution is 0.0911. The molecule has 2 aromatic rings. The zero-order valence-electron chi connectivity index (χ0n) is 15.6. The van der Waals surface area contributed by atoms with Crippen LogP contribution in [0.2, 0.25) is 0 Å². The van der Waals surface area contributed by atoms with Gasteiger partial charge in [-0.1, -0.05) is 30.3 Å². The summed E-state index contributed by atoms with van der Waals surface area (Å²) in [5.74, 6) is 0.274. The molecule has 0 bridgehead atoms. The zero-order valence-corrected chi connectivity index (χ0v) is 15.6. The average Bonchev–Trinajstić information content (AvgIpc) is 3.44. The summed E-state index contributed by atoms with van der Waals surface area (Å²) in [6.07, 6.45) is 2.29. The maximum absolute atomic E-state index is 12.7. The number of carbonyl (C=O) groups is 2. The number of benzene rings is 2. The molecule has 1 atom stereocenters. The van der Waals surface area contributed by atoms with E-state index < -0.39 is 0 Å². The number of rotatable bonds is 5. The summed E-state index contributed by atoms with van der Waals surface area (Å²) in [6.45, 7) is 5.82. The molecule has 0 saturated heterocycles. The van der Waals surface area contributed by atoms with Gasteiger partial charge in [0.05, 0.1) is 6.04 Å². The molecule has 136 valence electrons. The minimum Gasteiger partial charge on any atom is -0.347 e. The maximum atomic E-state index is 12.7. The van der Waals surface area contributed by atoms with Crippen LogP contribution in [0.25, 0.3) is 0 Å². The highest BCUT2D eigenvalue weighted by atomic mass is 16.2. The van der Waals surface area contributed by atoms with Crippen molar-refractivity contribution >= 4 is 11.8 Å². The van der Waals surface area contributed by atoms with Crippen LogP contribution in [0.4, 0.5) is 0 Å². The van der Waals surface area contributed by atoms with E-state index in [-0.39, 0.29) is 23.4 Å². The minimum absolute atomic E-state index is 0.0487. The molecule has 1 fully saturated rings. The summed E-state index contributed by atoms with van der Waals surface area (Å²) in [6, 6.07) is 17.0. The first-order chi connectivity index (χ1) is 12.3. The summed E-state index contributed by atoms with van der Waals surface area (Å²) >= 11 is 0. The lowest BCUT2D eigenvalue weighted by Gasteiger charge is -2.21. The van der Waals surface area contributed by atoms with Gasteiger partial charge in [-0.15, -0.1) is 0 Å². The van der Waals surface area contributed by atoms with Crippen LogP contribution in [0, 0.1) is 5.92 Å². The number of hydrogen-bond acceptors (Lipinski definition) is 2. The highest BCUT2D eigenvalue weighted by Crippen LogP contribution is 2.41. The number of hydrogen-bond donors (Lipinski definition) is 2. The molecule has 2 amide bonds. The predicted octanol–water partition coefficient (Wildman–Crippen LogP) is 4.10. The molecule has 4 heteroatoms. The first-order valence-corrected chi connectivity index (χ1v) is 9.12. The Kier molecular flexibility index (Phi) is 5.12. The Balaban J connectivity index is 1.69. The zero-order chi connectivity index (χ0) is 18.7. The fourth-order valence-corrected chi connectivity index (χ4v) is 2.97. The van der Waals surface area contributed by atoms with Crippen molar-refractivity contribution in [2.24, 2.45) is 5.92 Å². The van der Waals surface area contributed by atoms with E-state index in [2.05, 4.69) is 22.8 Å². The highest BCUT2D eigenvalue weighted by Gasteiger charge is 2.33. The Morgan fingerprint density at radius 3 is 1.92 bits per heavy atom. The standard InChI is InChI=1S/C22H26N2O2/c1-22(2,3)24-21(26)18-13-11-17(12-14-18)20(25)23-19(16-9-10-16)15-7-5-4-6-8-15/h4-8,11-14,16,19H,9-10H2,1-3H3,(H,23,25)(H,24,26). The molecule has 2 N–H and O–H groups in total. The van der Waals surface area contributed by atoms with Crippen LogP contribution >= 0.6 is 0 Å². The summed E-state index contributed by atoms with van der Waals surface area (Å²) in [5, 5.41) is 6.08. The predicted molar refractivity (Wildman–Crippen MR) is 103 cm³/mol. The molecule has 0 heterocycles. The first kappa shape index (κ1) is 18.2. The van der Waals surface area contributed by atoms with E-state index in [0.717, 1.165) is 18.4 Å². The Bertz CT molecular complexity index is 772. The molecule has 26 heavy (non-hydrogen) atoms. The number of carbonyl (C=O) groups excluding carboxylic acids is 2. The highest BCUT2D eigenvalue weighted by molar-refractivity contribution is 5.98. The Morgan fingerprint density at radius 1 is 0.885 bits per heavy atom. The van der Waals surface area contributed by atoms with Crippen LogP contribution < -0.4 is 10.6 Å². The third kappa shape index (κ3) is 4.72. The van der Waals surface area contributed by atoms with E-state index >= 15 is 0 Å². The Hall–Kier alpha value is -2.62. The SMILES string of the molecule is CC(C)(C)NC(=O)c1ccc(C(=O)NC(c2ccccc2)C2CC2)cc1. The molecule has 3 rings (SSSR count). The first-order valence-electron chi connectivity index (χ1n) is 9.12. The largest absolute Gasteiger partial charge is 0.347 e. The molecule has 0 aliphatic heterocycles. The molecule has 1 aliphatic carbocycles. The smallest absolute Gasteiger partial charge is 0.251 e. The second-order valence-electron chi connectivity index (χ2n) is 7.98. The summed E-state index contributed by atoms with van der Waals surface area (Å²) in [4.78, 5) is 24.8. The van der Waals surface area contributed by atoms with E-state index in [4.69, 9.17) is 0 Å². The van der Waals surface area contributed by atoms with Crippen molar-refractivity contribution in [1.29, 1.82) is 0 Å². The van der Waals surface area contributed by atoms with Gasteiger partial charge >= 0.3 is 0 Å². The Labute approximate surface area is 155 Å². The lowest BCUT2D eigenvalue weighted by Crippen LogP contribution is -2.40. The van der Waals surface area contributed by atoms with Crippen LogP contribution in [-0.2, 0) is 0 Å². The van der Waals surface area contributed by atoms with Crippen LogP contribution in [-0.4, -0.2) is 17.4 Å². The molecule has 1 unspecified atom stereocenters. The van der Waals surface area contributed by atoms with Crippen molar-refractivity contribution in [2.75, 3.05) is 0 Å². The minimum atomic E-state index is -0.291. The topological polar surface area (TPSA) is 58.2 Å². The molecule has 0 spiro atoms. The van der Waals surface area contributed by atoms with E-state index in [0.29, 0.717) is 17.0 Å². The van der Waals surface area contributed by atoms with Gasteiger partial charge in [0.1, 0.15) is 0 Å². The van der Waals surface area contributed by atoms with Gasteiger partial charge in [0, 0.05) is 16.7 Å². The van der Waals surface area contributed by atoms with Gasteiger partial charge in [-0.2, -0.15) is 0 Å². The normalized spacial score (nSPS) is 15.2. The summed E-state index contributed by atoms with van der Waals surface area (Å²) in [5.41, 5.74) is 1.97. The quantitative estimate of drug-likeness (QED) is 0.853. The molecule has 1 saturated carbocycles. The van der Waals surface area contributed by atoms with Crippen LogP contribution in [0.3, 0.4) is 0 Å². The lowest BCUT2D eigenvalue weighted by atomic mass is 10.0. The maximum Gasteiger partial charge on any atom is 0.251 e. The second-order valence-corrected chi connectivity index (χ2v) is 7.98. The van der Waals surface area contributed by atoms with E-state index in [1.807, 2.05) is 39.0 Å². The number of amides is 2. The number of nitrogens with one attached hydrogen (secondary N) is 2. The fourth-order valence-electron chi connectivity index (χ4n) is 2.97. The third-order valence-electron chi connectivity index (χ3n) is 4.44. The van der Waals surface area contributed by atoms with Crippen LogP contribution in [0.1, 0.15) is 65.9 Å². The van der Waals surface area contributed by atoms with Crippen LogP contribution in [0.15, 0.2) is 54.6 Å². The van der Waals surface area contributed by atoms with Gasteiger partial charge in [0.25, 0.3) is 11.8 Å².